The van der Waals surface area contributed by atoms with Crippen LogP contribution in [0.1, 0.15) is 46.1 Å². The first-order valence-electron chi connectivity index (χ1n) is 8.58. The molecule has 1 N–H and O–H groups in total. The predicted octanol–water partition coefficient (Wildman–Crippen LogP) is 2.56. The van der Waals surface area contributed by atoms with Gasteiger partial charge in [-0.3, -0.25) is 9.59 Å². The van der Waals surface area contributed by atoms with Gasteiger partial charge in [0.05, 0.1) is 12.5 Å². The van der Waals surface area contributed by atoms with Crippen molar-refractivity contribution in [2.75, 3.05) is 0 Å². The monoisotopic (exact) mass is 358 g/mol. The summed E-state index contributed by atoms with van der Waals surface area (Å²) in [7, 11) is 0. The molecule has 1 aromatic rings. The van der Waals surface area contributed by atoms with Gasteiger partial charge >= 0.3 is 5.97 Å². The Hall–Kier alpha value is -2.68. The van der Waals surface area contributed by atoms with Gasteiger partial charge in [0.15, 0.2) is 0 Å². The lowest BCUT2D eigenvalue weighted by molar-refractivity contribution is -0.158. The number of nitrogens with zero attached hydrogens (tertiary/aromatic N) is 1. The van der Waals surface area contributed by atoms with Gasteiger partial charge in [-0.05, 0) is 26.3 Å². The summed E-state index contributed by atoms with van der Waals surface area (Å²) in [6, 6.07) is 10.2. The van der Waals surface area contributed by atoms with E-state index in [4.69, 9.17) is 10.00 Å². The Morgan fingerprint density at radius 2 is 1.81 bits per heavy atom. The minimum Gasteiger partial charge on any atom is -0.458 e. The minimum atomic E-state index is -0.849. The summed E-state index contributed by atoms with van der Waals surface area (Å²) in [5, 5.41) is 11.2. The van der Waals surface area contributed by atoms with E-state index in [0.717, 1.165) is 5.56 Å². The summed E-state index contributed by atoms with van der Waals surface area (Å²) in [5.74, 6) is -1.86. The van der Waals surface area contributed by atoms with Crippen LogP contribution in [0.3, 0.4) is 0 Å². The molecule has 0 unspecified atom stereocenters. The molecule has 0 saturated heterocycles. The maximum Gasteiger partial charge on any atom is 0.329 e. The molecule has 1 rings (SSSR count). The lowest BCUT2D eigenvalue weighted by Crippen LogP contribution is -2.47. The van der Waals surface area contributed by atoms with E-state index in [9.17, 15) is 14.4 Å². The fourth-order valence-corrected chi connectivity index (χ4v) is 2.32. The van der Waals surface area contributed by atoms with Crippen LogP contribution in [0.15, 0.2) is 30.3 Å². The highest BCUT2D eigenvalue weighted by molar-refractivity contribution is 5.90. The van der Waals surface area contributed by atoms with Gasteiger partial charge < -0.3 is 10.1 Å². The van der Waals surface area contributed by atoms with E-state index in [2.05, 4.69) is 5.32 Å². The Morgan fingerprint density at radius 1 is 1.19 bits per heavy atom. The lowest BCUT2D eigenvalue weighted by Gasteiger charge is -2.25. The summed E-state index contributed by atoms with van der Waals surface area (Å²) < 4.78 is 5.41. The van der Waals surface area contributed by atoms with Crippen molar-refractivity contribution >= 4 is 17.7 Å². The number of hydrogen-bond acceptors (Lipinski definition) is 5. The minimum absolute atomic E-state index is 0.0359. The number of esters is 1. The van der Waals surface area contributed by atoms with Gasteiger partial charge in [0.2, 0.25) is 5.91 Å². The van der Waals surface area contributed by atoms with E-state index in [-0.39, 0.29) is 18.6 Å². The number of ketones is 1. The Labute approximate surface area is 154 Å². The quantitative estimate of drug-likeness (QED) is 0.721. The predicted molar refractivity (Wildman–Crippen MR) is 96.9 cm³/mol. The first-order valence-corrected chi connectivity index (χ1v) is 8.58. The van der Waals surface area contributed by atoms with Gasteiger partial charge in [-0.1, -0.05) is 37.3 Å². The zero-order valence-electron chi connectivity index (χ0n) is 15.7. The van der Waals surface area contributed by atoms with E-state index >= 15 is 0 Å². The highest BCUT2D eigenvalue weighted by Gasteiger charge is 2.28. The molecule has 0 bridgehead atoms. The normalized spacial score (nSPS) is 13.2. The van der Waals surface area contributed by atoms with Crippen LogP contribution >= 0.6 is 0 Å². The highest BCUT2D eigenvalue weighted by atomic mass is 16.6. The van der Waals surface area contributed by atoms with Crippen LogP contribution in [0.2, 0.25) is 0 Å². The summed E-state index contributed by atoms with van der Waals surface area (Å²) in [6.45, 7) is 6.87. The molecule has 0 fully saturated rings. The number of Topliss-reactive ketones (excluding diaryl/α,β-unsaturated/α-hetero) is 1. The van der Waals surface area contributed by atoms with Crippen LogP contribution < -0.4 is 5.32 Å². The molecule has 0 heterocycles. The summed E-state index contributed by atoms with van der Waals surface area (Å²) in [6.07, 6.45) is 0.0310. The molecule has 6 heteroatoms. The van der Waals surface area contributed by atoms with E-state index in [1.165, 1.54) is 0 Å². The highest BCUT2D eigenvalue weighted by Crippen LogP contribution is 2.13. The molecule has 6 nitrogen and oxygen atoms in total. The van der Waals surface area contributed by atoms with Crippen molar-refractivity contribution in [3.8, 4) is 6.07 Å². The van der Waals surface area contributed by atoms with E-state index in [1.54, 1.807) is 33.8 Å². The molecule has 0 aliphatic rings. The molecule has 140 valence electrons. The third-order valence-corrected chi connectivity index (χ3v) is 3.55. The molecule has 0 aliphatic carbocycles. The van der Waals surface area contributed by atoms with Crippen LogP contribution in [-0.2, 0) is 25.5 Å². The zero-order valence-corrected chi connectivity index (χ0v) is 15.7. The van der Waals surface area contributed by atoms with Gasteiger partial charge in [-0.2, -0.15) is 5.26 Å². The van der Waals surface area contributed by atoms with Gasteiger partial charge in [0, 0.05) is 18.8 Å². The lowest BCUT2D eigenvalue weighted by atomic mass is 10.0. The largest absolute Gasteiger partial charge is 0.458 e. The maximum atomic E-state index is 12.5. The number of benzene rings is 1. The number of amides is 1. The second kappa shape index (κ2) is 9.71. The third kappa shape index (κ3) is 7.93. The molecule has 2 atom stereocenters. The standard InChI is InChI=1S/C20H26N2O4/c1-14(12-16(23)10-11-21)18(24)22-17(19(25)26-20(2,3)4)13-15-8-6-5-7-9-15/h5-9,14,17H,10,12-13H2,1-4H3,(H,22,24)/t14-,17+/m1/s1. The first-order chi connectivity index (χ1) is 12.1. The van der Waals surface area contributed by atoms with Crippen LogP contribution in [0, 0.1) is 17.2 Å². The second-order valence-electron chi connectivity index (χ2n) is 7.26. The Morgan fingerprint density at radius 3 is 2.35 bits per heavy atom. The number of rotatable bonds is 8. The second-order valence-corrected chi connectivity index (χ2v) is 7.26. The van der Waals surface area contributed by atoms with Crippen molar-refractivity contribution in [3.05, 3.63) is 35.9 Å². The third-order valence-electron chi connectivity index (χ3n) is 3.55. The van der Waals surface area contributed by atoms with Crippen molar-refractivity contribution in [3.63, 3.8) is 0 Å². The van der Waals surface area contributed by atoms with Gasteiger partial charge in [0.25, 0.3) is 0 Å². The summed E-state index contributed by atoms with van der Waals surface area (Å²) in [4.78, 5) is 36.5. The molecular weight excluding hydrogens is 332 g/mol. The molecule has 0 spiro atoms. The van der Waals surface area contributed by atoms with Gasteiger partial charge in [-0.25, -0.2) is 4.79 Å². The first kappa shape index (κ1) is 21.4. The van der Waals surface area contributed by atoms with Gasteiger partial charge in [0.1, 0.15) is 17.4 Å². The fraction of sp³-hybridized carbons (Fsp3) is 0.500. The number of carbonyl (C=O) groups excluding carboxylic acids is 3. The maximum absolute atomic E-state index is 12.5. The van der Waals surface area contributed by atoms with Crippen LogP contribution in [0.25, 0.3) is 0 Å². The molecule has 0 radical (unpaired) electrons. The molecular formula is C20H26N2O4. The Bertz CT molecular complexity index is 671. The smallest absolute Gasteiger partial charge is 0.329 e. The zero-order chi connectivity index (χ0) is 19.7. The van der Waals surface area contributed by atoms with Crippen molar-refractivity contribution in [2.45, 2.75) is 58.6 Å². The van der Waals surface area contributed by atoms with Crippen molar-refractivity contribution in [2.24, 2.45) is 5.92 Å². The number of hydrogen-bond donors (Lipinski definition) is 1. The van der Waals surface area contributed by atoms with Crippen LogP contribution in [0.4, 0.5) is 0 Å². The number of ether oxygens (including phenoxy) is 1. The molecule has 1 aromatic carbocycles. The van der Waals surface area contributed by atoms with Crippen molar-refractivity contribution in [1.82, 2.24) is 5.32 Å². The molecule has 0 aromatic heterocycles. The van der Waals surface area contributed by atoms with Gasteiger partial charge in [-0.15, -0.1) is 0 Å². The topological polar surface area (TPSA) is 96.3 Å². The fourth-order valence-electron chi connectivity index (χ4n) is 2.32. The Balaban J connectivity index is 2.84. The van der Waals surface area contributed by atoms with E-state index < -0.39 is 29.4 Å². The average molecular weight is 358 g/mol. The Kier molecular flexibility index (Phi) is 7.98. The molecule has 1 amide bonds. The average Bonchev–Trinajstić information content (AvgIpc) is 2.53. The summed E-state index contributed by atoms with van der Waals surface area (Å²) in [5.41, 5.74) is 0.211. The van der Waals surface area contributed by atoms with Crippen LogP contribution in [-0.4, -0.2) is 29.3 Å². The number of nitriles is 1. The number of carbonyl (C=O) groups is 3. The van der Waals surface area contributed by atoms with Crippen molar-refractivity contribution < 1.29 is 19.1 Å². The van der Waals surface area contributed by atoms with E-state index in [0.29, 0.717) is 6.42 Å². The molecule has 0 saturated carbocycles. The van der Waals surface area contributed by atoms with E-state index in [1.807, 2.05) is 30.3 Å². The van der Waals surface area contributed by atoms with Crippen LogP contribution in [0.5, 0.6) is 0 Å². The molecule has 0 aliphatic heterocycles. The summed E-state index contributed by atoms with van der Waals surface area (Å²) >= 11 is 0. The van der Waals surface area contributed by atoms with Crippen molar-refractivity contribution in [1.29, 1.82) is 5.26 Å². The number of nitrogens with one attached hydrogen (secondary N) is 1. The molecule has 26 heavy (non-hydrogen) atoms. The SMILES string of the molecule is C[C@H](CC(=O)CC#N)C(=O)N[C@@H](Cc1ccccc1)C(=O)OC(C)(C)C.